The van der Waals surface area contributed by atoms with Gasteiger partial charge >= 0.3 is 0 Å². The first kappa shape index (κ1) is 6.34. The van der Waals surface area contributed by atoms with Crippen LogP contribution in [0.1, 0.15) is 31.0 Å². The number of halogens is 1. The van der Waals surface area contributed by atoms with Crippen molar-refractivity contribution in [1.29, 1.82) is 0 Å². The minimum atomic E-state index is 0.495. The van der Waals surface area contributed by atoms with Crippen molar-refractivity contribution in [2.45, 2.75) is 25.2 Å². The first-order valence-electron chi connectivity index (χ1n) is 3.35. The molecule has 0 N–H and O–H groups in total. The van der Waals surface area contributed by atoms with Crippen LogP contribution in [0.5, 0.6) is 0 Å². The zero-order valence-electron chi connectivity index (χ0n) is 5.38. The second kappa shape index (κ2) is 2.34. The summed E-state index contributed by atoms with van der Waals surface area (Å²) in [7, 11) is 0. The monoisotopic (exact) mass is 202 g/mol. The molecule has 54 valence electrons. The Morgan fingerprint density at radius 2 is 2.30 bits per heavy atom. The molecule has 1 aliphatic carbocycles. The number of nitrogens with zero attached hydrogens (tertiary/aromatic N) is 2. The smallest absolute Gasteiger partial charge is 0.293 e. The number of hydrogen-bond donors (Lipinski definition) is 0. The molecule has 1 saturated carbocycles. The molecule has 0 aromatic carbocycles. The molecule has 0 atom stereocenters. The van der Waals surface area contributed by atoms with E-state index in [0.29, 0.717) is 10.7 Å². The zero-order chi connectivity index (χ0) is 6.97. The SMILES string of the molecule is Brc1nc(C2CCC2)no1. The molecule has 1 aromatic rings. The Hall–Kier alpha value is -0.380. The minimum absolute atomic E-state index is 0.495. The summed E-state index contributed by atoms with van der Waals surface area (Å²) >= 11 is 3.11. The van der Waals surface area contributed by atoms with E-state index in [-0.39, 0.29) is 0 Å². The second-order valence-corrected chi connectivity index (χ2v) is 3.21. The fraction of sp³-hybridized carbons (Fsp3) is 0.667. The van der Waals surface area contributed by atoms with Gasteiger partial charge in [-0.25, -0.2) is 0 Å². The highest BCUT2D eigenvalue weighted by Crippen LogP contribution is 2.34. The van der Waals surface area contributed by atoms with E-state index in [2.05, 4.69) is 26.1 Å². The molecule has 3 nitrogen and oxygen atoms in total. The summed E-state index contributed by atoms with van der Waals surface area (Å²) in [4.78, 5) is 4.57. The van der Waals surface area contributed by atoms with Crippen LogP contribution in [0.15, 0.2) is 9.32 Å². The molecule has 1 aromatic heterocycles. The van der Waals surface area contributed by atoms with Gasteiger partial charge in [0.25, 0.3) is 4.80 Å². The van der Waals surface area contributed by atoms with Crippen molar-refractivity contribution >= 4 is 15.9 Å². The van der Waals surface area contributed by atoms with E-state index in [1.165, 1.54) is 19.3 Å². The van der Waals surface area contributed by atoms with Gasteiger partial charge in [-0.15, -0.1) is 0 Å². The van der Waals surface area contributed by atoms with Crippen LogP contribution >= 0.6 is 15.9 Å². The van der Waals surface area contributed by atoms with Crippen molar-refractivity contribution in [3.63, 3.8) is 0 Å². The van der Waals surface area contributed by atoms with Crippen molar-refractivity contribution < 1.29 is 4.52 Å². The summed E-state index contributed by atoms with van der Waals surface area (Å²) in [5.41, 5.74) is 0. The van der Waals surface area contributed by atoms with Gasteiger partial charge in [-0.1, -0.05) is 11.6 Å². The Morgan fingerprint density at radius 3 is 2.70 bits per heavy atom. The molecule has 1 aliphatic rings. The lowest BCUT2D eigenvalue weighted by atomic mass is 9.85. The van der Waals surface area contributed by atoms with E-state index in [9.17, 15) is 0 Å². The van der Waals surface area contributed by atoms with E-state index >= 15 is 0 Å². The minimum Gasteiger partial charge on any atom is -0.327 e. The summed E-state index contributed by atoms with van der Waals surface area (Å²) in [6.45, 7) is 0. The molecule has 10 heavy (non-hydrogen) atoms. The average molecular weight is 203 g/mol. The summed E-state index contributed by atoms with van der Waals surface area (Å²) < 4.78 is 4.78. The third-order valence-corrected chi connectivity index (χ3v) is 2.21. The highest BCUT2D eigenvalue weighted by molar-refractivity contribution is 9.10. The molecule has 0 bridgehead atoms. The van der Waals surface area contributed by atoms with Gasteiger partial charge in [0.1, 0.15) is 0 Å². The quantitative estimate of drug-likeness (QED) is 0.701. The lowest BCUT2D eigenvalue weighted by Crippen LogP contribution is -2.09. The lowest BCUT2D eigenvalue weighted by molar-refractivity contribution is 0.355. The molecule has 2 rings (SSSR count). The summed E-state index contributed by atoms with van der Waals surface area (Å²) in [6, 6.07) is 0. The van der Waals surface area contributed by atoms with Gasteiger partial charge in [0.05, 0.1) is 0 Å². The Labute approximate surface area is 66.9 Å². The lowest BCUT2D eigenvalue weighted by Gasteiger charge is -2.20. The predicted octanol–water partition coefficient (Wildman–Crippen LogP) is 2.10. The van der Waals surface area contributed by atoms with Gasteiger partial charge in [-0.3, -0.25) is 0 Å². The Morgan fingerprint density at radius 1 is 1.50 bits per heavy atom. The van der Waals surface area contributed by atoms with Gasteiger partial charge in [0.2, 0.25) is 0 Å². The first-order chi connectivity index (χ1) is 4.86. The number of rotatable bonds is 1. The van der Waals surface area contributed by atoms with Crippen LogP contribution in [0.25, 0.3) is 0 Å². The highest BCUT2D eigenvalue weighted by Gasteiger charge is 2.23. The van der Waals surface area contributed by atoms with Crippen LogP contribution < -0.4 is 0 Å². The normalized spacial score (nSPS) is 18.9. The van der Waals surface area contributed by atoms with Crippen LogP contribution in [-0.4, -0.2) is 10.1 Å². The summed E-state index contributed by atoms with van der Waals surface area (Å²) in [6.07, 6.45) is 3.73. The first-order valence-corrected chi connectivity index (χ1v) is 4.14. The molecular weight excluding hydrogens is 196 g/mol. The van der Waals surface area contributed by atoms with Crippen molar-refractivity contribution in [3.8, 4) is 0 Å². The Bertz CT molecular complexity index is 231. The van der Waals surface area contributed by atoms with Crippen molar-refractivity contribution in [1.82, 2.24) is 10.1 Å². The average Bonchev–Trinajstić information content (AvgIpc) is 2.10. The van der Waals surface area contributed by atoms with E-state index in [4.69, 9.17) is 4.52 Å². The van der Waals surface area contributed by atoms with Gasteiger partial charge in [-0.05, 0) is 12.8 Å². The molecule has 0 aliphatic heterocycles. The standard InChI is InChI=1S/C6H7BrN2O/c7-6-8-5(9-10-6)4-2-1-3-4/h4H,1-3H2. The maximum Gasteiger partial charge on any atom is 0.293 e. The summed E-state index contributed by atoms with van der Waals surface area (Å²) in [5, 5.41) is 3.80. The van der Waals surface area contributed by atoms with E-state index in [1.807, 2.05) is 0 Å². The van der Waals surface area contributed by atoms with Gasteiger partial charge < -0.3 is 4.52 Å². The Balaban J connectivity index is 2.17. The molecule has 4 heteroatoms. The maximum atomic E-state index is 4.78. The van der Waals surface area contributed by atoms with Gasteiger partial charge in [0, 0.05) is 21.8 Å². The third-order valence-electron chi connectivity index (χ3n) is 1.89. The van der Waals surface area contributed by atoms with E-state index in [1.54, 1.807) is 0 Å². The van der Waals surface area contributed by atoms with Gasteiger partial charge in [0.15, 0.2) is 5.82 Å². The molecule has 0 unspecified atom stereocenters. The van der Waals surface area contributed by atoms with Crippen LogP contribution in [-0.2, 0) is 0 Å². The van der Waals surface area contributed by atoms with Crippen molar-refractivity contribution in [3.05, 3.63) is 10.6 Å². The molecule has 1 heterocycles. The maximum absolute atomic E-state index is 4.78. The van der Waals surface area contributed by atoms with Crippen LogP contribution in [0.4, 0.5) is 0 Å². The van der Waals surface area contributed by atoms with Crippen molar-refractivity contribution in [2.24, 2.45) is 0 Å². The molecule has 0 radical (unpaired) electrons. The van der Waals surface area contributed by atoms with Gasteiger partial charge in [-0.2, -0.15) is 4.98 Å². The molecule has 0 saturated heterocycles. The molecule has 1 fully saturated rings. The fourth-order valence-electron chi connectivity index (χ4n) is 1.05. The van der Waals surface area contributed by atoms with E-state index < -0.39 is 0 Å². The predicted molar refractivity (Wildman–Crippen MR) is 38.6 cm³/mol. The fourth-order valence-corrected chi connectivity index (χ4v) is 1.30. The third kappa shape index (κ3) is 0.963. The van der Waals surface area contributed by atoms with Crippen LogP contribution in [0.2, 0.25) is 0 Å². The topological polar surface area (TPSA) is 38.9 Å². The molecular formula is C6H7BrN2O. The highest BCUT2D eigenvalue weighted by atomic mass is 79.9. The number of aromatic nitrogens is 2. The number of hydrogen-bond acceptors (Lipinski definition) is 3. The molecule has 0 amide bonds. The summed E-state index contributed by atoms with van der Waals surface area (Å²) in [5.74, 6) is 1.42. The largest absolute Gasteiger partial charge is 0.327 e. The second-order valence-electron chi connectivity index (χ2n) is 2.53. The Kier molecular flexibility index (Phi) is 1.48. The van der Waals surface area contributed by atoms with E-state index in [0.717, 1.165) is 5.82 Å². The van der Waals surface area contributed by atoms with Crippen molar-refractivity contribution in [2.75, 3.05) is 0 Å². The zero-order valence-corrected chi connectivity index (χ0v) is 6.97. The van der Waals surface area contributed by atoms with Crippen LogP contribution in [0, 0.1) is 0 Å². The molecule has 0 spiro atoms. The van der Waals surface area contributed by atoms with Crippen LogP contribution in [0.3, 0.4) is 0 Å².